The molecule has 0 amide bonds. The standard InChI is InChI=1S/C48H36O30/c49-19-1-13(2-20(50)32(19)62)31(61)43(73)44(38(68)14-3-21(51)33(63)22(52)4-14)45(74,39(69)15-5-23(53)34(64)24(54)6-15)46(75,40(70)16-7-25(55)35(65)26(56)8-16)47(76,41(71)17-9-27(57)36(66)28(58)10-17)48(77,78-44)42(72)18-11-29(59)37(67)30(60)12-18/h1-12,43,49-60,62-67,73-77H/t43?,44-,45-,46+,47-,48?/m1/s1/i1D,3D,5D,7D,9D,11D. The van der Waals surface area contributed by atoms with Crippen molar-refractivity contribution in [1.82, 2.24) is 0 Å². The Morgan fingerprint density at radius 1 is 0.333 bits per heavy atom. The van der Waals surface area contributed by atoms with Gasteiger partial charge in [-0.25, -0.2) is 0 Å². The van der Waals surface area contributed by atoms with E-state index in [0.29, 0.717) is 0 Å². The van der Waals surface area contributed by atoms with Gasteiger partial charge in [-0.1, -0.05) is 0 Å². The largest absolute Gasteiger partial charge is 0.504 e. The van der Waals surface area contributed by atoms with Crippen molar-refractivity contribution in [3.8, 4) is 103 Å². The van der Waals surface area contributed by atoms with E-state index in [1.165, 1.54) is 0 Å². The number of hydrogen-bond donors (Lipinski definition) is 23. The molecule has 30 nitrogen and oxygen atoms in total. The molecule has 0 bridgehead atoms. The zero-order valence-corrected chi connectivity index (χ0v) is 37.7. The number of aliphatic hydroxyl groups excluding tert-OH is 1. The Labute approximate surface area is 437 Å². The van der Waals surface area contributed by atoms with E-state index in [4.69, 9.17) is 13.0 Å². The molecule has 0 spiro atoms. The smallest absolute Gasteiger partial charge is 0.273 e. The normalized spacial score (nSPS) is 23.3. The van der Waals surface area contributed by atoms with E-state index < -0.39 is 242 Å². The van der Waals surface area contributed by atoms with Crippen molar-refractivity contribution in [3.63, 3.8) is 0 Å². The lowest BCUT2D eigenvalue weighted by Crippen LogP contribution is -2.96. The summed E-state index contributed by atoms with van der Waals surface area (Å²) in [6, 6.07) is -14.4. The molecule has 1 fully saturated rings. The lowest BCUT2D eigenvalue weighted by atomic mass is 9.49. The van der Waals surface area contributed by atoms with Gasteiger partial charge in [-0.3, -0.25) is 28.8 Å². The van der Waals surface area contributed by atoms with Gasteiger partial charge in [0.2, 0.25) is 51.3 Å². The van der Waals surface area contributed by atoms with Crippen molar-refractivity contribution in [3.05, 3.63) is 106 Å². The summed E-state index contributed by atoms with van der Waals surface area (Å²) in [7, 11) is 0. The van der Waals surface area contributed by atoms with E-state index in [9.17, 15) is 117 Å². The van der Waals surface area contributed by atoms with E-state index in [-0.39, 0.29) is 36.4 Å². The van der Waals surface area contributed by atoms with Gasteiger partial charge in [0.15, 0.2) is 115 Å². The molecule has 23 N–H and O–H groups in total. The highest BCUT2D eigenvalue weighted by Crippen LogP contribution is 2.61. The average molecular weight is 1100 g/mol. The van der Waals surface area contributed by atoms with Crippen LogP contribution < -0.4 is 0 Å². The van der Waals surface area contributed by atoms with Gasteiger partial charge in [-0.05, 0) is 72.7 Å². The first-order valence-corrected chi connectivity index (χ1v) is 20.6. The van der Waals surface area contributed by atoms with Gasteiger partial charge in [-0.15, -0.1) is 0 Å². The number of aliphatic hydroxyl groups is 5. The summed E-state index contributed by atoms with van der Waals surface area (Å²) < 4.78 is 56.7. The molecule has 408 valence electrons. The fraction of sp³-hybridized carbons (Fsp3) is 0.125. The molecule has 1 aliphatic heterocycles. The van der Waals surface area contributed by atoms with Gasteiger partial charge in [0.1, 0.15) is 0 Å². The number of phenols is 18. The number of carbonyl (C=O) groups is 6. The van der Waals surface area contributed by atoms with Gasteiger partial charge in [0.25, 0.3) is 5.79 Å². The third-order valence-electron chi connectivity index (χ3n) is 12.1. The van der Waals surface area contributed by atoms with Crippen LogP contribution in [0.3, 0.4) is 0 Å². The minimum absolute atomic E-state index is 0.187. The topological polar surface area (TPSA) is 577 Å². The van der Waals surface area contributed by atoms with Crippen molar-refractivity contribution < 1.29 is 159 Å². The molecular weight excluding hydrogens is 1060 g/mol. The number of hydrogen-bond acceptors (Lipinski definition) is 30. The van der Waals surface area contributed by atoms with Gasteiger partial charge in [0.05, 0.1) is 8.22 Å². The highest BCUT2D eigenvalue weighted by atomic mass is 16.7. The molecule has 6 aromatic rings. The molecule has 7 rings (SSSR count). The second-order valence-corrected chi connectivity index (χ2v) is 16.6. The van der Waals surface area contributed by atoms with E-state index in [1.54, 1.807) is 0 Å². The zero-order valence-electron chi connectivity index (χ0n) is 43.7. The molecular formula is C48H36O30. The van der Waals surface area contributed by atoms with Crippen molar-refractivity contribution >= 4 is 34.7 Å². The van der Waals surface area contributed by atoms with Crippen molar-refractivity contribution in [2.75, 3.05) is 0 Å². The maximum absolute atomic E-state index is 16.2. The Kier molecular flexibility index (Phi) is 11.0. The number of rotatable bonds is 13. The Bertz CT molecular complexity index is 3830. The summed E-state index contributed by atoms with van der Waals surface area (Å²) in [4.78, 5) is 95.2. The number of ketones is 6. The molecule has 78 heavy (non-hydrogen) atoms. The molecule has 2 unspecified atom stereocenters. The van der Waals surface area contributed by atoms with Gasteiger partial charge in [-0.2, -0.15) is 0 Å². The predicted octanol–water partition coefficient (Wildman–Crippen LogP) is -1.00. The first kappa shape index (κ1) is 47.2. The summed E-state index contributed by atoms with van der Waals surface area (Å²) in [5, 5.41) is 259. The van der Waals surface area contributed by atoms with E-state index in [0.717, 1.165) is 0 Å². The molecule has 0 radical (unpaired) electrons. The molecule has 1 saturated heterocycles. The van der Waals surface area contributed by atoms with Crippen molar-refractivity contribution in [1.29, 1.82) is 0 Å². The molecule has 1 aliphatic rings. The Balaban J connectivity index is 1.94. The summed E-state index contributed by atoms with van der Waals surface area (Å²) in [6.07, 6.45) is -4.81. The van der Waals surface area contributed by atoms with E-state index in [1.807, 2.05) is 0 Å². The van der Waals surface area contributed by atoms with Gasteiger partial charge >= 0.3 is 0 Å². The third-order valence-corrected chi connectivity index (χ3v) is 12.1. The first-order valence-electron chi connectivity index (χ1n) is 23.6. The van der Waals surface area contributed by atoms with E-state index in [2.05, 4.69) is 0 Å². The van der Waals surface area contributed by atoms with Crippen LogP contribution >= 0.6 is 0 Å². The highest BCUT2D eigenvalue weighted by molar-refractivity contribution is 6.26. The second-order valence-electron chi connectivity index (χ2n) is 16.6. The second kappa shape index (κ2) is 18.1. The van der Waals surface area contributed by atoms with E-state index >= 15 is 28.8 Å². The Hall–Kier alpha value is -10.5. The van der Waals surface area contributed by atoms with Crippen molar-refractivity contribution in [2.24, 2.45) is 0 Å². The quantitative estimate of drug-likeness (QED) is 0.0487. The Morgan fingerprint density at radius 2 is 0.564 bits per heavy atom. The predicted molar refractivity (Wildman–Crippen MR) is 244 cm³/mol. The molecule has 0 saturated carbocycles. The number of aromatic hydroxyl groups is 18. The fourth-order valence-electron chi connectivity index (χ4n) is 8.27. The molecule has 6 atom stereocenters. The summed E-state index contributed by atoms with van der Waals surface area (Å²) in [6.45, 7) is 0. The summed E-state index contributed by atoms with van der Waals surface area (Å²) >= 11 is 0. The monoisotopic (exact) mass is 1100 g/mol. The minimum atomic E-state index is -6.49. The minimum Gasteiger partial charge on any atom is -0.504 e. The molecule has 1 heterocycles. The number of carbonyl (C=O) groups excluding carboxylic acids is 6. The first-order chi connectivity index (χ1) is 38.6. The van der Waals surface area contributed by atoms with Crippen LogP contribution in [0.15, 0.2) is 72.7 Å². The third kappa shape index (κ3) is 7.43. The van der Waals surface area contributed by atoms with Crippen LogP contribution in [0.1, 0.15) is 70.4 Å². The van der Waals surface area contributed by atoms with Gasteiger partial charge < -0.3 is 122 Å². The maximum Gasteiger partial charge on any atom is 0.273 e. The summed E-state index contributed by atoms with van der Waals surface area (Å²) in [5.41, 5.74) is -38.4. The van der Waals surface area contributed by atoms with Crippen LogP contribution in [-0.4, -0.2) is 186 Å². The van der Waals surface area contributed by atoms with Crippen LogP contribution in [0.4, 0.5) is 0 Å². The van der Waals surface area contributed by atoms with Crippen LogP contribution in [0.2, 0.25) is 0 Å². The molecule has 6 aromatic carbocycles. The fourth-order valence-corrected chi connectivity index (χ4v) is 8.27. The number of phenolic OH excluding ortho intramolecular Hbond substituents is 18. The summed E-state index contributed by atoms with van der Waals surface area (Å²) in [5.74, 6) is -60.5. The van der Waals surface area contributed by atoms with Crippen LogP contribution in [0.5, 0.6) is 103 Å². The number of Topliss-reactive ketones (excluding diaryl/α,β-unsaturated/α-hetero) is 6. The number of benzene rings is 6. The molecule has 30 heteroatoms. The SMILES string of the molecule is [2H]c1c(C(=O)C(O)[C@@]2(C(=O)c3cc(O)c(O)c(O)c3[2H])OC(O)(C(=O)c3cc(O)c(O)c(O)c3[2H])[C@@](O)(C(=O)c3cc(O)c(O)c(O)c3[2H])[C@](O)(C(=O)c3cc(O)c(O)c(O)c3[2H])[C@@]2(O)C(=O)c2cc(O)c(O)c(O)c2[2H])cc(O)c(O)c1O. The van der Waals surface area contributed by atoms with Crippen molar-refractivity contribution in [2.45, 2.75) is 34.3 Å². The lowest BCUT2D eigenvalue weighted by molar-refractivity contribution is -0.399. The lowest BCUT2D eigenvalue weighted by Gasteiger charge is -2.64. The van der Waals surface area contributed by atoms with Gasteiger partial charge in [0, 0.05) is 33.4 Å². The Morgan fingerprint density at radius 3 is 0.872 bits per heavy atom. The van der Waals surface area contributed by atoms with Crippen LogP contribution in [0.25, 0.3) is 0 Å². The highest BCUT2D eigenvalue weighted by Gasteiger charge is 2.92. The molecule has 0 aromatic heterocycles. The number of ether oxygens (including phenoxy) is 1. The maximum atomic E-state index is 16.2. The zero-order chi connectivity index (χ0) is 63.8. The van der Waals surface area contributed by atoms with Crippen LogP contribution in [0, 0.1) is 0 Å². The van der Waals surface area contributed by atoms with Crippen LogP contribution in [-0.2, 0) is 4.74 Å². The average Bonchev–Trinajstić information content (AvgIpc) is 0.743. The molecule has 0 aliphatic carbocycles.